The number of amides is 1. The van der Waals surface area contributed by atoms with Crippen LogP contribution in [0.1, 0.15) is 29.4 Å². The summed E-state index contributed by atoms with van der Waals surface area (Å²) in [6, 6.07) is 12.9. The number of hydrogen-bond acceptors (Lipinski definition) is 5. The van der Waals surface area contributed by atoms with Crippen molar-refractivity contribution in [2.24, 2.45) is 5.10 Å². The van der Waals surface area contributed by atoms with E-state index < -0.39 is 0 Å². The number of H-pyrrole nitrogens is 1. The van der Waals surface area contributed by atoms with Gasteiger partial charge in [-0.1, -0.05) is 13.0 Å². The van der Waals surface area contributed by atoms with Crippen molar-refractivity contribution in [2.45, 2.75) is 13.3 Å². The third-order valence-corrected chi connectivity index (χ3v) is 3.51. The topological polar surface area (TPSA) is 92.3 Å². The van der Waals surface area contributed by atoms with E-state index >= 15 is 0 Å². The van der Waals surface area contributed by atoms with E-state index in [1.807, 2.05) is 30.3 Å². The molecule has 2 heterocycles. The molecule has 2 aromatic heterocycles. The van der Waals surface area contributed by atoms with Crippen LogP contribution in [0.15, 0.2) is 60.0 Å². The Hall–Kier alpha value is -3.48. The number of nitrogens with one attached hydrogen (secondary N) is 2. The number of ether oxygens (including phenoxy) is 1. The lowest BCUT2D eigenvalue weighted by molar-refractivity contribution is 0.0950. The van der Waals surface area contributed by atoms with Crippen LogP contribution in [0.5, 0.6) is 5.75 Å². The summed E-state index contributed by atoms with van der Waals surface area (Å²) >= 11 is 0. The van der Waals surface area contributed by atoms with Gasteiger partial charge in [-0.15, -0.1) is 0 Å². The zero-order valence-electron chi connectivity index (χ0n) is 14.3. The fourth-order valence-corrected chi connectivity index (χ4v) is 2.21. The molecule has 0 aliphatic heterocycles. The van der Waals surface area contributed by atoms with E-state index in [0.717, 1.165) is 23.3 Å². The predicted octanol–water partition coefficient (Wildman–Crippen LogP) is 3.02. The summed E-state index contributed by atoms with van der Waals surface area (Å²) < 4.78 is 5.56. The van der Waals surface area contributed by atoms with Crippen molar-refractivity contribution < 1.29 is 9.53 Å². The summed E-state index contributed by atoms with van der Waals surface area (Å²) in [4.78, 5) is 16.1. The number of aromatic amines is 1. The van der Waals surface area contributed by atoms with Gasteiger partial charge in [0.2, 0.25) is 0 Å². The van der Waals surface area contributed by atoms with Gasteiger partial charge in [-0.05, 0) is 42.8 Å². The standard InChI is InChI=1S/C19H19N5O2/c1-2-10-26-16-7-5-15(6-8-16)17-11-18(23-22-17)19(25)24-21-13-14-4-3-9-20-12-14/h3-9,11-13H,2,10H2,1H3,(H,22,23)(H,24,25). The second kappa shape index (κ2) is 8.57. The molecule has 0 atom stereocenters. The number of carbonyl (C=O) groups excluding carboxylic acids is 1. The summed E-state index contributed by atoms with van der Waals surface area (Å²) in [7, 11) is 0. The minimum atomic E-state index is -0.369. The highest BCUT2D eigenvalue weighted by Crippen LogP contribution is 2.21. The van der Waals surface area contributed by atoms with Gasteiger partial charge in [0.05, 0.1) is 18.5 Å². The third-order valence-electron chi connectivity index (χ3n) is 3.51. The molecule has 132 valence electrons. The van der Waals surface area contributed by atoms with Gasteiger partial charge < -0.3 is 4.74 Å². The first-order valence-corrected chi connectivity index (χ1v) is 8.28. The van der Waals surface area contributed by atoms with E-state index in [1.54, 1.807) is 24.5 Å². The van der Waals surface area contributed by atoms with Crippen molar-refractivity contribution >= 4 is 12.1 Å². The lowest BCUT2D eigenvalue weighted by Crippen LogP contribution is -2.18. The Labute approximate surface area is 151 Å². The zero-order chi connectivity index (χ0) is 18.2. The lowest BCUT2D eigenvalue weighted by atomic mass is 10.1. The second-order valence-corrected chi connectivity index (χ2v) is 5.53. The third kappa shape index (κ3) is 4.54. The normalized spacial score (nSPS) is 10.8. The minimum absolute atomic E-state index is 0.328. The molecule has 0 fully saturated rings. The number of rotatable bonds is 7. The van der Waals surface area contributed by atoms with Crippen molar-refractivity contribution in [1.82, 2.24) is 20.6 Å². The van der Waals surface area contributed by atoms with Crippen LogP contribution < -0.4 is 10.2 Å². The molecule has 0 saturated heterocycles. The molecule has 2 N–H and O–H groups in total. The SMILES string of the molecule is CCCOc1ccc(-c2cc(C(=O)NN=Cc3cccnc3)[nH]n2)cc1. The number of hydrazone groups is 1. The molecule has 3 rings (SSSR count). The molecule has 7 heteroatoms. The molecule has 0 saturated carbocycles. The molecule has 7 nitrogen and oxygen atoms in total. The van der Waals surface area contributed by atoms with Gasteiger partial charge in [0.1, 0.15) is 11.4 Å². The number of hydrogen-bond donors (Lipinski definition) is 2. The Morgan fingerprint density at radius 3 is 2.88 bits per heavy atom. The van der Waals surface area contributed by atoms with E-state index in [9.17, 15) is 4.79 Å². The van der Waals surface area contributed by atoms with E-state index in [2.05, 4.69) is 32.6 Å². The van der Waals surface area contributed by atoms with Gasteiger partial charge in [0, 0.05) is 23.5 Å². The van der Waals surface area contributed by atoms with Crippen LogP contribution in [-0.4, -0.2) is 33.9 Å². The van der Waals surface area contributed by atoms with Gasteiger partial charge in [0.15, 0.2) is 0 Å². The Morgan fingerprint density at radius 1 is 1.31 bits per heavy atom. The molecule has 26 heavy (non-hydrogen) atoms. The van der Waals surface area contributed by atoms with Gasteiger partial charge >= 0.3 is 0 Å². The van der Waals surface area contributed by atoms with Crippen molar-refractivity contribution in [1.29, 1.82) is 0 Å². The van der Waals surface area contributed by atoms with Crippen LogP contribution in [0, 0.1) is 0 Å². The lowest BCUT2D eigenvalue weighted by Gasteiger charge is -2.04. The molecule has 1 amide bonds. The highest BCUT2D eigenvalue weighted by Gasteiger charge is 2.10. The Bertz CT molecular complexity index is 872. The van der Waals surface area contributed by atoms with Crippen LogP contribution in [-0.2, 0) is 0 Å². The van der Waals surface area contributed by atoms with E-state index in [4.69, 9.17) is 4.74 Å². The molecule has 0 aliphatic rings. The van der Waals surface area contributed by atoms with Gasteiger partial charge in [-0.3, -0.25) is 14.9 Å². The summed E-state index contributed by atoms with van der Waals surface area (Å²) in [6.07, 6.45) is 5.81. The van der Waals surface area contributed by atoms with Crippen molar-refractivity contribution in [3.8, 4) is 17.0 Å². The number of benzene rings is 1. The van der Waals surface area contributed by atoms with Crippen molar-refractivity contribution in [2.75, 3.05) is 6.61 Å². The van der Waals surface area contributed by atoms with Crippen molar-refractivity contribution in [3.05, 3.63) is 66.1 Å². The molecule has 0 unspecified atom stereocenters. The Morgan fingerprint density at radius 2 is 2.15 bits per heavy atom. The maximum atomic E-state index is 12.1. The number of carbonyl (C=O) groups is 1. The van der Waals surface area contributed by atoms with Crippen LogP contribution in [0.4, 0.5) is 0 Å². The molecule has 0 aliphatic carbocycles. The molecule has 1 aromatic carbocycles. The van der Waals surface area contributed by atoms with Gasteiger partial charge in [-0.2, -0.15) is 10.2 Å². The maximum absolute atomic E-state index is 12.1. The van der Waals surface area contributed by atoms with Gasteiger partial charge in [0.25, 0.3) is 5.91 Å². The smallest absolute Gasteiger partial charge is 0.289 e. The summed E-state index contributed by atoms with van der Waals surface area (Å²) in [6.45, 7) is 2.75. The minimum Gasteiger partial charge on any atom is -0.494 e. The molecule has 0 bridgehead atoms. The van der Waals surface area contributed by atoms with Crippen LogP contribution in [0.3, 0.4) is 0 Å². The first kappa shape index (κ1) is 17.3. The van der Waals surface area contributed by atoms with E-state index in [-0.39, 0.29) is 5.91 Å². The first-order valence-electron chi connectivity index (χ1n) is 8.28. The highest BCUT2D eigenvalue weighted by atomic mass is 16.5. The molecular formula is C19H19N5O2. The Kier molecular flexibility index (Phi) is 5.72. The maximum Gasteiger partial charge on any atom is 0.289 e. The first-order chi connectivity index (χ1) is 12.8. The fraction of sp³-hybridized carbons (Fsp3) is 0.158. The monoisotopic (exact) mass is 349 g/mol. The number of aromatic nitrogens is 3. The quantitative estimate of drug-likeness (QED) is 0.506. The summed E-state index contributed by atoms with van der Waals surface area (Å²) in [5.74, 6) is 0.445. The number of pyridine rings is 1. The van der Waals surface area contributed by atoms with Gasteiger partial charge in [-0.25, -0.2) is 5.43 Å². The Balaban J connectivity index is 1.61. The van der Waals surface area contributed by atoms with Crippen molar-refractivity contribution in [3.63, 3.8) is 0 Å². The molecular weight excluding hydrogens is 330 g/mol. The average molecular weight is 349 g/mol. The molecule has 0 radical (unpaired) electrons. The second-order valence-electron chi connectivity index (χ2n) is 5.53. The largest absolute Gasteiger partial charge is 0.494 e. The van der Waals surface area contributed by atoms with Crippen LogP contribution >= 0.6 is 0 Å². The fourth-order valence-electron chi connectivity index (χ4n) is 2.21. The predicted molar refractivity (Wildman–Crippen MR) is 99.1 cm³/mol. The summed E-state index contributed by atoms with van der Waals surface area (Å²) in [5, 5.41) is 10.8. The zero-order valence-corrected chi connectivity index (χ0v) is 14.3. The summed E-state index contributed by atoms with van der Waals surface area (Å²) in [5.41, 5.74) is 5.15. The number of nitrogens with zero attached hydrogens (tertiary/aromatic N) is 3. The highest BCUT2D eigenvalue weighted by molar-refractivity contribution is 5.94. The van der Waals surface area contributed by atoms with Crippen LogP contribution in [0.2, 0.25) is 0 Å². The molecule has 3 aromatic rings. The molecule has 0 spiro atoms. The average Bonchev–Trinajstić information content (AvgIpc) is 3.18. The van der Waals surface area contributed by atoms with Crippen LogP contribution in [0.25, 0.3) is 11.3 Å². The van der Waals surface area contributed by atoms with E-state index in [1.165, 1.54) is 6.21 Å². The van der Waals surface area contributed by atoms with E-state index in [0.29, 0.717) is 18.0 Å².